The molecular formula is C13H22N2O2. The molecule has 4 heteroatoms. The minimum Gasteiger partial charge on any atom is -0.394 e. The van der Waals surface area contributed by atoms with Gasteiger partial charge in [0.25, 0.3) is 0 Å². The highest BCUT2D eigenvalue weighted by Crippen LogP contribution is 2.31. The molecule has 1 aliphatic heterocycles. The molecule has 2 heterocycles. The van der Waals surface area contributed by atoms with E-state index < -0.39 is 0 Å². The van der Waals surface area contributed by atoms with Crippen molar-refractivity contribution in [3.8, 4) is 0 Å². The van der Waals surface area contributed by atoms with Crippen LogP contribution >= 0.6 is 0 Å². The van der Waals surface area contributed by atoms with E-state index in [1.807, 2.05) is 10.8 Å². The Labute approximate surface area is 102 Å². The molecule has 1 aromatic heterocycles. The van der Waals surface area contributed by atoms with Crippen LogP contribution in [0.2, 0.25) is 0 Å². The topological polar surface area (TPSA) is 48.6 Å². The number of rotatable bonds is 3. The summed E-state index contributed by atoms with van der Waals surface area (Å²) in [5, 5.41) is 18.5. The van der Waals surface area contributed by atoms with E-state index in [0.29, 0.717) is 0 Å². The van der Waals surface area contributed by atoms with Crippen molar-refractivity contribution < 1.29 is 10.2 Å². The SMILES string of the molecule is CC(C)(C)N1Cc2ccn(C(CO)CO)c2C1. The summed E-state index contributed by atoms with van der Waals surface area (Å²) >= 11 is 0. The molecule has 0 bridgehead atoms. The molecule has 0 unspecified atom stereocenters. The molecule has 0 saturated heterocycles. The third-order valence-electron chi connectivity index (χ3n) is 3.58. The Morgan fingerprint density at radius 3 is 2.41 bits per heavy atom. The summed E-state index contributed by atoms with van der Waals surface area (Å²) in [6.45, 7) is 8.42. The molecule has 17 heavy (non-hydrogen) atoms. The second-order valence-electron chi connectivity index (χ2n) is 5.74. The summed E-state index contributed by atoms with van der Waals surface area (Å²) in [4.78, 5) is 2.40. The third-order valence-corrected chi connectivity index (χ3v) is 3.58. The molecule has 0 amide bonds. The molecule has 0 spiro atoms. The second kappa shape index (κ2) is 4.44. The fraction of sp³-hybridized carbons (Fsp3) is 0.692. The van der Waals surface area contributed by atoms with E-state index in [4.69, 9.17) is 0 Å². The van der Waals surface area contributed by atoms with Gasteiger partial charge in [0.2, 0.25) is 0 Å². The zero-order valence-electron chi connectivity index (χ0n) is 10.8. The van der Waals surface area contributed by atoms with Gasteiger partial charge in [0.15, 0.2) is 0 Å². The molecule has 0 fully saturated rings. The Morgan fingerprint density at radius 1 is 1.24 bits per heavy atom. The van der Waals surface area contributed by atoms with E-state index in [1.165, 1.54) is 11.3 Å². The smallest absolute Gasteiger partial charge is 0.0795 e. The minimum atomic E-state index is -0.210. The largest absolute Gasteiger partial charge is 0.394 e. The first kappa shape index (κ1) is 12.6. The molecule has 0 atom stereocenters. The van der Waals surface area contributed by atoms with Crippen LogP contribution in [0.5, 0.6) is 0 Å². The van der Waals surface area contributed by atoms with Crippen LogP contribution in [-0.2, 0) is 13.1 Å². The number of aliphatic hydroxyl groups excluding tert-OH is 2. The van der Waals surface area contributed by atoms with Crippen molar-refractivity contribution in [2.45, 2.75) is 45.4 Å². The molecule has 1 aromatic rings. The minimum absolute atomic E-state index is 0.0207. The van der Waals surface area contributed by atoms with Gasteiger partial charge in [-0.25, -0.2) is 0 Å². The lowest BCUT2D eigenvalue weighted by Gasteiger charge is -2.31. The highest BCUT2D eigenvalue weighted by molar-refractivity contribution is 5.27. The van der Waals surface area contributed by atoms with Gasteiger partial charge in [-0.15, -0.1) is 0 Å². The van der Waals surface area contributed by atoms with Gasteiger partial charge >= 0.3 is 0 Å². The van der Waals surface area contributed by atoms with Crippen molar-refractivity contribution in [2.75, 3.05) is 13.2 Å². The predicted octanol–water partition coefficient (Wildman–Crippen LogP) is 1.13. The lowest BCUT2D eigenvalue weighted by molar-refractivity contribution is 0.126. The summed E-state index contributed by atoms with van der Waals surface area (Å²) in [7, 11) is 0. The van der Waals surface area contributed by atoms with Crippen molar-refractivity contribution in [1.29, 1.82) is 0 Å². The van der Waals surface area contributed by atoms with E-state index in [2.05, 4.69) is 31.7 Å². The fourth-order valence-corrected chi connectivity index (χ4v) is 2.34. The highest BCUT2D eigenvalue weighted by Gasteiger charge is 2.31. The number of fused-ring (bicyclic) bond motifs is 1. The van der Waals surface area contributed by atoms with Crippen LogP contribution in [-0.4, -0.2) is 38.4 Å². The van der Waals surface area contributed by atoms with Gasteiger partial charge in [-0.2, -0.15) is 0 Å². The van der Waals surface area contributed by atoms with Crippen molar-refractivity contribution in [3.05, 3.63) is 23.5 Å². The monoisotopic (exact) mass is 238 g/mol. The number of nitrogens with zero attached hydrogens (tertiary/aromatic N) is 2. The van der Waals surface area contributed by atoms with E-state index in [9.17, 15) is 10.2 Å². The Kier molecular flexibility index (Phi) is 3.30. The van der Waals surface area contributed by atoms with Crippen LogP contribution in [0.15, 0.2) is 12.3 Å². The van der Waals surface area contributed by atoms with Crippen LogP contribution in [0.4, 0.5) is 0 Å². The quantitative estimate of drug-likeness (QED) is 0.830. The van der Waals surface area contributed by atoms with Crippen LogP contribution in [0.25, 0.3) is 0 Å². The Hall–Kier alpha value is -0.840. The third kappa shape index (κ3) is 2.25. The summed E-state index contributed by atoms with van der Waals surface area (Å²) in [6.07, 6.45) is 1.97. The summed E-state index contributed by atoms with van der Waals surface area (Å²) in [5.74, 6) is 0. The van der Waals surface area contributed by atoms with E-state index in [0.717, 1.165) is 13.1 Å². The molecule has 0 aromatic carbocycles. The van der Waals surface area contributed by atoms with Crippen molar-refractivity contribution >= 4 is 0 Å². The maximum absolute atomic E-state index is 9.26. The van der Waals surface area contributed by atoms with E-state index in [1.54, 1.807) is 0 Å². The second-order valence-corrected chi connectivity index (χ2v) is 5.74. The number of aromatic nitrogens is 1. The van der Waals surface area contributed by atoms with Crippen LogP contribution in [0, 0.1) is 0 Å². The Balaban J connectivity index is 2.23. The standard InChI is InChI=1S/C13H22N2O2/c1-13(2,3)14-6-10-4-5-15(12(10)7-14)11(8-16)9-17/h4-5,11,16-17H,6-9H2,1-3H3. The van der Waals surface area contributed by atoms with Crippen molar-refractivity contribution in [2.24, 2.45) is 0 Å². The maximum Gasteiger partial charge on any atom is 0.0795 e. The first-order valence-corrected chi connectivity index (χ1v) is 6.12. The van der Waals surface area contributed by atoms with Crippen LogP contribution in [0.1, 0.15) is 38.1 Å². The van der Waals surface area contributed by atoms with Gasteiger partial charge in [0.05, 0.1) is 19.3 Å². The number of aliphatic hydroxyl groups is 2. The van der Waals surface area contributed by atoms with Gasteiger partial charge in [0, 0.05) is 30.5 Å². The summed E-state index contributed by atoms with van der Waals surface area (Å²) in [6, 6.07) is 1.89. The molecule has 1 aliphatic rings. The molecule has 0 aliphatic carbocycles. The Morgan fingerprint density at radius 2 is 1.88 bits per heavy atom. The van der Waals surface area contributed by atoms with Crippen molar-refractivity contribution in [1.82, 2.24) is 9.47 Å². The summed E-state index contributed by atoms with van der Waals surface area (Å²) < 4.78 is 2.01. The van der Waals surface area contributed by atoms with Gasteiger partial charge in [0.1, 0.15) is 0 Å². The maximum atomic E-state index is 9.26. The first-order chi connectivity index (χ1) is 7.97. The zero-order chi connectivity index (χ0) is 12.6. The Bertz CT molecular complexity index is 389. The molecular weight excluding hydrogens is 216 g/mol. The van der Waals surface area contributed by atoms with E-state index >= 15 is 0 Å². The van der Waals surface area contributed by atoms with Crippen LogP contribution < -0.4 is 0 Å². The molecule has 2 rings (SSSR count). The number of hydrogen-bond acceptors (Lipinski definition) is 3. The number of hydrogen-bond donors (Lipinski definition) is 2. The molecule has 0 radical (unpaired) electrons. The average molecular weight is 238 g/mol. The van der Waals surface area contributed by atoms with Crippen LogP contribution in [0.3, 0.4) is 0 Å². The van der Waals surface area contributed by atoms with Gasteiger partial charge in [-0.05, 0) is 32.4 Å². The molecule has 4 nitrogen and oxygen atoms in total. The normalized spacial score (nSPS) is 16.8. The van der Waals surface area contributed by atoms with Crippen molar-refractivity contribution in [3.63, 3.8) is 0 Å². The average Bonchev–Trinajstić information content (AvgIpc) is 2.80. The lowest BCUT2D eigenvalue weighted by Crippen LogP contribution is -2.37. The molecule has 96 valence electrons. The zero-order valence-corrected chi connectivity index (χ0v) is 10.8. The predicted molar refractivity (Wildman–Crippen MR) is 66.6 cm³/mol. The van der Waals surface area contributed by atoms with Gasteiger partial charge in [-0.1, -0.05) is 0 Å². The lowest BCUT2D eigenvalue weighted by atomic mass is 10.1. The highest BCUT2D eigenvalue weighted by atomic mass is 16.3. The molecule has 0 saturated carbocycles. The summed E-state index contributed by atoms with van der Waals surface area (Å²) in [5.41, 5.74) is 2.69. The van der Waals surface area contributed by atoms with E-state index in [-0.39, 0.29) is 24.8 Å². The molecule has 2 N–H and O–H groups in total. The fourth-order valence-electron chi connectivity index (χ4n) is 2.34. The van der Waals surface area contributed by atoms with Gasteiger partial charge in [-0.3, -0.25) is 4.90 Å². The van der Waals surface area contributed by atoms with Gasteiger partial charge < -0.3 is 14.8 Å². The first-order valence-electron chi connectivity index (χ1n) is 6.12.